The summed E-state index contributed by atoms with van der Waals surface area (Å²) in [5.41, 5.74) is 0. The molecular weight excluding hydrogens is 209 g/mol. The van der Waals surface area contributed by atoms with Crippen molar-refractivity contribution in [1.29, 1.82) is 0 Å². The van der Waals surface area contributed by atoms with Crippen molar-refractivity contribution in [3.05, 3.63) is 17.2 Å². The molecular formula is C6H4ClF3N2O. The van der Waals surface area contributed by atoms with Crippen LogP contribution < -0.4 is 4.74 Å². The fraction of sp³-hybridized carbons (Fsp3) is 0.333. The molecule has 0 unspecified atom stereocenters. The van der Waals surface area contributed by atoms with Crippen LogP contribution >= 0.6 is 11.6 Å². The summed E-state index contributed by atoms with van der Waals surface area (Å²) in [7, 11) is 1.26. The molecule has 0 aliphatic carbocycles. The van der Waals surface area contributed by atoms with Gasteiger partial charge in [-0.2, -0.15) is 13.2 Å². The zero-order valence-electron chi connectivity index (χ0n) is 6.39. The van der Waals surface area contributed by atoms with E-state index in [2.05, 4.69) is 14.7 Å². The number of aromatic nitrogens is 2. The Morgan fingerprint density at radius 3 is 2.46 bits per heavy atom. The molecule has 3 nitrogen and oxygen atoms in total. The van der Waals surface area contributed by atoms with E-state index < -0.39 is 12.0 Å². The first kappa shape index (κ1) is 10.0. The van der Waals surface area contributed by atoms with Gasteiger partial charge in [-0.05, 0) is 0 Å². The second-order valence-electron chi connectivity index (χ2n) is 2.05. The fourth-order valence-electron chi connectivity index (χ4n) is 0.623. The van der Waals surface area contributed by atoms with Gasteiger partial charge in [-0.15, -0.1) is 0 Å². The van der Waals surface area contributed by atoms with Crippen LogP contribution in [-0.2, 0) is 6.18 Å². The van der Waals surface area contributed by atoms with Crippen molar-refractivity contribution in [2.75, 3.05) is 7.11 Å². The molecule has 13 heavy (non-hydrogen) atoms. The average Bonchev–Trinajstić information content (AvgIpc) is 2.02. The van der Waals surface area contributed by atoms with Crippen molar-refractivity contribution < 1.29 is 17.9 Å². The van der Waals surface area contributed by atoms with Crippen LogP contribution in [0, 0.1) is 0 Å². The lowest BCUT2D eigenvalue weighted by Gasteiger charge is -2.06. The number of halogens is 4. The Labute approximate surface area is 76.5 Å². The van der Waals surface area contributed by atoms with Crippen LogP contribution in [0.25, 0.3) is 0 Å². The number of methoxy groups -OCH3 is 1. The number of nitrogens with zero attached hydrogens (tertiary/aromatic N) is 2. The second-order valence-corrected chi connectivity index (χ2v) is 2.41. The van der Waals surface area contributed by atoms with E-state index >= 15 is 0 Å². The summed E-state index contributed by atoms with van der Waals surface area (Å²) in [6, 6.07) is 0. The first-order chi connectivity index (χ1) is 5.95. The normalized spacial score (nSPS) is 11.5. The van der Waals surface area contributed by atoms with Crippen LogP contribution in [0.3, 0.4) is 0 Å². The fourth-order valence-corrected chi connectivity index (χ4v) is 0.829. The molecule has 0 spiro atoms. The summed E-state index contributed by atoms with van der Waals surface area (Å²) >= 11 is 5.36. The highest BCUT2D eigenvalue weighted by molar-refractivity contribution is 6.30. The highest BCUT2D eigenvalue weighted by Crippen LogP contribution is 2.29. The standard InChI is InChI=1S/C6H4ClF3N2O/c1-13-3-2-11-5(6(8,9)10)12-4(3)7/h2H,1H3. The summed E-state index contributed by atoms with van der Waals surface area (Å²) in [6.07, 6.45) is -3.71. The summed E-state index contributed by atoms with van der Waals surface area (Å²) < 4.78 is 40.5. The van der Waals surface area contributed by atoms with E-state index in [1.54, 1.807) is 0 Å². The second kappa shape index (κ2) is 3.37. The summed E-state index contributed by atoms with van der Waals surface area (Å²) in [6.45, 7) is 0. The van der Waals surface area contributed by atoms with Gasteiger partial charge in [0.2, 0.25) is 5.82 Å². The summed E-state index contributed by atoms with van der Waals surface area (Å²) in [4.78, 5) is 6.06. The third kappa shape index (κ3) is 2.21. The van der Waals surface area contributed by atoms with Crippen LogP contribution in [-0.4, -0.2) is 17.1 Å². The quantitative estimate of drug-likeness (QED) is 0.669. The maximum Gasteiger partial charge on any atom is 0.451 e. The Morgan fingerprint density at radius 2 is 2.08 bits per heavy atom. The van der Waals surface area contributed by atoms with Crippen LogP contribution in [0.15, 0.2) is 6.20 Å². The molecule has 0 N–H and O–H groups in total. The van der Waals surface area contributed by atoms with E-state index in [1.165, 1.54) is 7.11 Å². The molecule has 1 aromatic heterocycles. The van der Waals surface area contributed by atoms with Gasteiger partial charge in [-0.25, -0.2) is 9.97 Å². The van der Waals surface area contributed by atoms with Gasteiger partial charge in [0, 0.05) is 0 Å². The SMILES string of the molecule is COc1cnc(C(F)(F)F)nc1Cl. The molecule has 0 amide bonds. The van der Waals surface area contributed by atoms with Gasteiger partial charge in [-0.1, -0.05) is 11.6 Å². The van der Waals surface area contributed by atoms with E-state index in [0.29, 0.717) is 0 Å². The predicted octanol–water partition coefficient (Wildman–Crippen LogP) is 2.16. The minimum Gasteiger partial charge on any atom is -0.492 e. The Bertz CT molecular complexity index is 315. The van der Waals surface area contributed by atoms with E-state index in [0.717, 1.165) is 6.20 Å². The Kier molecular flexibility index (Phi) is 2.60. The summed E-state index contributed by atoms with van der Waals surface area (Å²) in [5, 5.41) is -0.357. The zero-order valence-corrected chi connectivity index (χ0v) is 7.15. The highest BCUT2D eigenvalue weighted by atomic mass is 35.5. The van der Waals surface area contributed by atoms with Crippen molar-refractivity contribution in [2.45, 2.75) is 6.18 Å². The van der Waals surface area contributed by atoms with Crippen LogP contribution in [0.1, 0.15) is 5.82 Å². The molecule has 0 saturated carbocycles. The molecule has 0 bridgehead atoms. The molecule has 7 heteroatoms. The van der Waals surface area contributed by atoms with Crippen LogP contribution in [0.5, 0.6) is 5.75 Å². The molecule has 0 aromatic carbocycles. The van der Waals surface area contributed by atoms with Crippen LogP contribution in [0.2, 0.25) is 5.15 Å². The molecule has 1 heterocycles. The topological polar surface area (TPSA) is 35.0 Å². The molecule has 0 fully saturated rings. The maximum absolute atomic E-state index is 12.0. The van der Waals surface area contributed by atoms with Crippen molar-refractivity contribution in [3.63, 3.8) is 0 Å². The van der Waals surface area contributed by atoms with Crippen molar-refractivity contribution in [1.82, 2.24) is 9.97 Å². The van der Waals surface area contributed by atoms with E-state index in [-0.39, 0.29) is 10.9 Å². The lowest BCUT2D eigenvalue weighted by atomic mass is 10.5. The van der Waals surface area contributed by atoms with E-state index in [9.17, 15) is 13.2 Å². The van der Waals surface area contributed by atoms with Gasteiger partial charge in [0.15, 0.2) is 10.9 Å². The van der Waals surface area contributed by atoms with Gasteiger partial charge in [0.05, 0.1) is 13.3 Å². The molecule has 0 aliphatic heterocycles. The van der Waals surface area contributed by atoms with E-state index in [1.807, 2.05) is 0 Å². The number of rotatable bonds is 1. The van der Waals surface area contributed by atoms with Gasteiger partial charge < -0.3 is 4.74 Å². The maximum atomic E-state index is 12.0. The molecule has 72 valence electrons. The minimum atomic E-state index is -4.59. The Balaban J connectivity index is 3.10. The summed E-state index contributed by atoms with van der Waals surface area (Å²) in [5.74, 6) is -1.27. The first-order valence-corrected chi connectivity index (χ1v) is 3.46. The van der Waals surface area contributed by atoms with Gasteiger partial charge in [-0.3, -0.25) is 0 Å². The minimum absolute atomic E-state index is 0.00895. The smallest absolute Gasteiger partial charge is 0.451 e. The van der Waals surface area contributed by atoms with Crippen molar-refractivity contribution in [3.8, 4) is 5.75 Å². The molecule has 0 aliphatic rings. The molecule has 0 atom stereocenters. The lowest BCUT2D eigenvalue weighted by molar-refractivity contribution is -0.145. The zero-order chi connectivity index (χ0) is 10.1. The van der Waals surface area contributed by atoms with Gasteiger partial charge >= 0.3 is 6.18 Å². The Morgan fingerprint density at radius 1 is 1.46 bits per heavy atom. The third-order valence-electron chi connectivity index (χ3n) is 1.18. The predicted molar refractivity (Wildman–Crippen MR) is 38.6 cm³/mol. The van der Waals surface area contributed by atoms with Gasteiger partial charge in [0.1, 0.15) is 0 Å². The lowest BCUT2D eigenvalue weighted by Crippen LogP contribution is -2.11. The molecule has 0 saturated heterocycles. The van der Waals surface area contributed by atoms with Crippen LogP contribution in [0.4, 0.5) is 13.2 Å². The first-order valence-electron chi connectivity index (χ1n) is 3.09. The molecule has 1 rings (SSSR count). The Hall–Kier alpha value is -1.04. The third-order valence-corrected chi connectivity index (χ3v) is 1.46. The number of hydrogen-bond donors (Lipinski definition) is 0. The van der Waals surface area contributed by atoms with Crippen molar-refractivity contribution >= 4 is 11.6 Å². The number of ether oxygens (including phenoxy) is 1. The average molecular weight is 213 g/mol. The molecule has 0 radical (unpaired) electrons. The van der Waals surface area contributed by atoms with Gasteiger partial charge in [0.25, 0.3) is 0 Å². The number of hydrogen-bond acceptors (Lipinski definition) is 3. The highest BCUT2D eigenvalue weighted by Gasteiger charge is 2.35. The van der Waals surface area contributed by atoms with Crippen molar-refractivity contribution in [2.24, 2.45) is 0 Å². The monoisotopic (exact) mass is 212 g/mol. The molecule has 1 aromatic rings. The largest absolute Gasteiger partial charge is 0.492 e. The van der Waals surface area contributed by atoms with E-state index in [4.69, 9.17) is 11.6 Å². The number of alkyl halides is 3.